The Labute approximate surface area is 125 Å². The van der Waals surface area contributed by atoms with Gasteiger partial charge in [0.25, 0.3) is 0 Å². The third kappa shape index (κ3) is 3.24. The first-order chi connectivity index (χ1) is 10.2. The predicted octanol–water partition coefficient (Wildman–Crippen LogP) is 3.01. The third-order valence-electron chi connectivity index (χ3n) is 4.02. The minimum Gasteiger partial charge on any atom is -0.399 e. The molecular weight excluding hydrogens is 260 g/mol. The monoisotopic (exact) mass is 280 g/mol. The Morgan fingerprint density at radius 3 is 2.90 bits per heavy atom. The minimum atomic E-state index is 0.0577. The molecule has 1 amide bonds. The van der Waals surface area contributed by atoms with E-state index in [0.717, 1.165) is 24.8 Å². The predicted molar refractivity (Wildman–Crippen MR) is 84.8 cm³/mol. The Hall–Kier alpha value is -2.29. The zero-order valence-corrected chi connectivity index (χ0v) is 12.0. The molecule has 1 unspecified atom stereocenters. The van der Waals surface area contributed by atoms with Gasteiger partial charge >= 0.3 is 0 Å². The number of benzene rings is 2. The molecule has 21 heavy (non-hydrogen) atoms. The van der Waals surface area contributed by atoms with E-state index in [9.17, 15) is 4.79 Å². The number of amides is 1. The Balaban J connectivity index is 1.68. The van der Waals surface area contributed by atoms with E-state index >= 15 is 0 Å². The highest BCUT2D eigenvalue weighted by atomic mass is 16.1. The fraction of sp³-hybridized carbons (Fsp3) is 0.278. The van der Waals surface area contributed by atoms with E-state index in [1.165, 1.54) is 11.1 Å². The van der Waals surface area contributed by atoms with Gasteiger partial charge in [-0.05, 0) is 48.1 Å². The van der Waals surface area contributed by atoms with Crippen LogP contribution in [0.1, 0.15) is 35.6 Å². The number of aryl methyl sites for hydroxylation is 1. The summed E-state index contributed by atoms with van der Waals surface area (Å²) in [5.41, 5.74) is 10.0. The number of hydrogen-bond acceptors (Lipinski definition) is 2. The number of hydrogen-bond donors (Lipinski definition) is 2. The smallest absolute Gasteiger partial charge is 0.224 e. The van der Waals surface area contributed by atoms with Gasteiger partial charge in [0.15, 0.2) is 0 Å². The van der Waals surface area contributed by atoms with Crippen LogP contribution in [0.3, 0.4) is 0 Å². The largest absolute Gasteiger partial charge is 0.399 e. The van der Waals surface area contributed by atoms with Crippen LogP contribution in [-0.2, 0) is 17.6 Å². The molecule has 3 nitrogen and oxygen atoms in total. The van der Waals surface area contributed by atoms with Crippen LogP contribution in [0.5, 0.6) is 0 Å². The summed E-state index contributed by atoms with van der Waals surface area (Å²) in [6.07, 6.45) is 3.63. The topological polar surface area (TPSA) is 55.1 Å². The molecule has 0 aliphatic heterocycles. The van der Waals surface area contributed by atoms with Crippen LogP contribution in [0.15, 0.2) is 48.5 Å². The van der Waals surface area contributed by atoms with E-state index in [4.69, 9.17) is 5.73 Å². The fourth-order valence-electron chi connectivity index (χ4n) is 3.04. The molecule has 1 aliphatic rings. The average molecular weight is 280 g/mol. The summed E-state index contributed by atoms with van der Waals surface area (Å²) in [7, 11) is 0. The van der Waals surface area contributed by atoms with Crippen molar-refractivity contribution in [3.05, 3.63) is 65.2 Å². The summed E-state index contributed by atoms with van der Waals surface area (Å²) in [5, 5.41) is 3.16. The van der Waals surface area contributed by atoms with Gasteiger partial charge in [-0.25, -0.2) is 0 Å². The summed E-state index contributed by atoms with van der Waals surface area (Å²) in [6, 6.07) is 16.0. The number of rotatable bonds is 3. The summed E-state index contributed by atoms with van der Waals surface area (Å²) < 4.78 is 0. The van der Waals surface area contributed by atoms with Crippen molar-refractivity contribution in [2.45, 2.75) is 31.7 Å². The van der Waals surface area contributed by atoms with Crippen molar-refractivity contribution < 1.29 is 4.79 Å². The Morgan fingerprint density at radius 2 is 2.05 bits per heavy atom. The lowest BCUT2D eigenvalue weighted by Gasteiger charge is -2.26. The van der Waals surface area contributed by atoms with Crippen molar-refractivity contribution in [3.63, 3.8) is 0 Å². The molecule has 3 heteroatoms. The SMILES string of the molecule is Nc1cccc(CC(=O)NC2CCCc3ccccc32)c1. The van der Waals surface area contributed by atoms with Crippen molar-refractivity contribution in [2.75, 3.05) is 5.73 Å². The number of carbonyl (C=O) groups is 1. The number of anilines is 1. The maximum atomic E-state index is 12.2. The second-order valence-corrected chi connectivity index (χ2v) is 5.63. The first-order valence-corrected chi connectivity index (χ1v) is 7.44. The molecule has 3 N–H and O–H groups in total. The Kier molecular flexibility index (Phi) is 3.91. The Bertz CT molecular complexity index is 651. The quantitative estimate of drug-likeness (QED) is 0.849. The van der Waals surface area contributed by atoms with Crippen LogP contribution in [0, 0.1) is 0 Å². The zero-order chi connectivity index (χ0) is 14.7. The lowest BCUT2D eigenvalue weighted by atomic mass is 9.87. The second-order valence-electron chi connectivity index (χ2n) is 5.63. The molecule has 2 aromatic carbocycles. The van der Waals surface area contributed by atoms with Gasteiger partial charge in [0.2, 0.25) is 5.91 Å². The molecule has 108 valence electrons. The summed E-state index contributed by atoms with van der Waals surface area (Å²) >= 11 is 0. The van der Waals surface area contributed by atoms with Crippen LogP contribution in [-0.4, -0.2) is 5.91 Å². The molecule has 0 fully saturated rings. The van der Waals surface area contributed by atoms with Crippen LogP contribution in [0.25, 0.3) is 0 Å². The fourth-order valence-corrected chi connectivity index (χ4v) is 3.04. The first kappa shape index (κ1) is 13.7. The summed E-state index contributed by atoms with van der Waals surface area (Å²) in [5.74, 6) is 0.0577. The van der Waals surface area contributed by atoms with Crippen molar-refractivity contribution >= 4 is 11.6 Å². The van der Waals surface area contributed by atoms with Crippen molar-refractivity contribution in [1.82, 2.24) is 5.32 Å². The van der Waals surface area contributed by atoms with Gasteiger partial charge in [-0.2, -0.15) is 0 Å². The summed E-state index contributed by atoms with van der Waals surface area (Å²) in [6.45, 7) is 0. The molecule has 0 saturated carbocycles. The van der Waals surface area contributed by atoms with Gasteiger partial charge in [-0.3, -0.25) is 4.79 Å². The van der Waals surface area contributed by atoms with E-state index < -0.39 is 0 Å². The van der Waals surface area contributed by atoms with Crippen LogP contribution >= 0.6 is 0 Å². The second kappa shape index (κ2) is 6.00. The molecule has 0 saturated heterocycles. The minimum absolute atomic E-state index is 0.0577. The highest BCUT2D eigenvalue weighted by molar-refractivity contribution is 5.79. The van der Waals surface area contributed by atoms with Gasteiger partial charge in [0, 0.05) is 5.69 Å². The molecule has 3 rings (SSSR count). The molecular formula is C18H20N2O. The van der Waals surface area contributed by atoms with Gasteiger partial charge in [-0.1, -0.05) is 36.4 Å². The van der Waals surface area contributed by atoms with Gasteiger partial charge in [0.05, 0.1) is 12.5 Å². The maximum absolute atomic E-state index is 12.2. The normalized spacial score (nSPS) is 17.0. The van der Waals surface area contributed by atoms with E-state index in [1.807, 2.05) is 30.3 Å². The lowest BCUT2D eigenvalue weighted by molar-refractivity contribution is -0.121. The number of nitrogen functional groups attached to an aromatic ring is 1. The highest BCUT2D eigenvalue weighted by Crippen LogP contribution is 2.29. The number of carbonyl (C=O) groups excluding carboxylic acids is 1. The maximum Gasteiger partial charge on any atom is 0.224 e. The number of nitrogens with two attached hydrogens (primary N) is 1. The highest BCUT2D eigenvalue weighted by Gasteiger charge is 2.21. The average Bonchev–Trinajstić information content (AvgIpc) is 2.47. The van der Waals surface area contributed by atoms with Crippen molar-refractivity contribution in [1.29, 1.82) is 0 Å². The zero-order valence-electron chi connectivity index (χ0n) is 12.0. The van der Waals surface area contributed by atoms with Gasteiger partial charge < -0.3 is 11.1 Å². The van der Waals surface area contributed by atoms with Crippen LogP contribution < -0.4 is 11.1 Å². The molecule has 0 bridgehead atoms. The van der Waals surface area contributed by atoms with Crippen LogP contribution in [0.2, 0.25) is 0 Å². The van der Waals surface area contributed by atoms with Crippen molar-refractivity contribution in [3.8, 4) is 0 Å². The van der Waals surface area contributed by atoms with E-state index in [1.54, 1.807) is 0 Å². The Morgan fingerprint density at radius 1 is 1.19 bits per heavy atom. The van der Waals surface area contributed by atoms with E-state index in [-0.39, 0.29) is 11.9 Å². The number of nitrogens with one attached hydrogen (secondary N) is 1. The molecule has 0 radical (unpaired) electrons. The molecule has 0 aromatic heterocycles. The molecule has 0 heterocycles. The summed E-state index contributed by atoms with van der Waals surface area (Å²) in [4.78, 5) is 12.2. The number of fused-ring (bicyclic) bond motifs is 1. The third-order valence-corrected chi connectivity index (χ3v) is 4.02. The van der Waals surface area contributed by atoms with Gasteiger partial charge in [0.1, 0.15) is 0 Å². The molecule has 0 spiro atoms. The van der Waals surface area contributed by atoms with E-state index in [0.29, 0.717) is 12.1 Å². The molecule has 2 aromatic rings. The van der Waals surface area contributed by atoms with E-state index in [2.05, 4.69) is 23.5 Å². The first-order valence-electron chi connectivity index (χ1n) is 7.44. The molecule has 1 atom stereocenters. The molecule has 1 aliphatic carbocycles. The lowest BCUT2D eigenvalue weighted by Crippen LogP contribution is -2.32. The standard InChI is InChI=1S/C18H20N2O/c19-15-8-3-5-13(11-15)12-18(21)20-17-10-4-7-14-6-1-2-9-16(14)17/h1-3,5-6,8-9,11,17H,4,7,10,12,19H2,(H,20,21). The van der Waals surface area contributed by atoms with Crippen LogP contribution in [0.4, 0.5) is 5.69 Å². The van der Waals surface area contributed by atoms with Crippen molar-refractivity contribution in [2.24, 2.45) is 0 Å². The van der Waals surface area contributed by atoms with Gasteiger partial charge in [-0.15, -0.1) is 0 Å².